The Morgan fingerprint density at radius 2 is 1.87 bits per heavy atom. The van der Waals surface area contributed by atoms with Gasteiger partial charge in [0.1, 0.15) is 0 Å². The number of allylic oxidation sites excluding steroid dienone is 6. The first-order chi connectivity index (χ1) is 11.1. The molecule has 0 radical (unpaired) electrons. The van der Waals surface area contributed by atoms with E-state index in [1.807, 2.05) is 24.3 Å². The van der Waals surface area contributed by atoms with Gasteiger partial charge in [0.2, 0.25) is 0 Å². The standard InChI is InChI=1S/C20H28N2O/c1-20(2,15-22-12-5-3-4-6-13-22)14-21-19(23)18-11-10-16-8-7-9-17(16)18/h7-11H,3-6,12-15H2,1-2H3,(H,21,23). The summed E-state index contributed by atoms with van der Waals surface area (Å²) in [5, 5.41) is 3.15. The molecule has 124 valence electrons. The van der Waals surface area contributed by atoms with Crippen molar-refractivity contribution in [3.8, 4) is 0 Å². The molecule has 0 atom stereocenters. The SMILES string of the molecule is CC(C)(CNC(=O)C1=CC=C2C=CC=C21)CN1CCCCCC1. The van der Waals surface area contributed by atoms with Crippen molar-refractivity contribution in [1.82, 2.24) is 10.2 Å². The Balaban J connectivity index is 1.50. The molecular weight excluding hydrogens is 284 g/mol. The molecule has 0 spiro atoms. The lowest BCUT2D eigenvalue weighted by Gasteiger charge is -2.32. The van der Waals surface area contributed by atoms with Crippen molar-refractivity contribution < 1.29 is 4.79 Å². The van der Waals surface area contributed by atoms with Crippen LogP contribution in [0.1, 0.15) is 39.5 Å². The van der Waals surface area contributed by atoms with E-state index in [9.17, 15) is 4.79 Å². The third kappa shape index (κ3) is 4.03. The van der Waals surface area contributed by atoms with Gasteiger partial charge in [0, 0.05) is 18.7 Å². The van der Waals surface area contributed by atoms with Crippen LogP contribution in [0, 0.1) is 5.41 Å². The number of hydrogen-bond acceptors (Lipinski definition) is 2. The number of likely N-dealkylation sites (tertiary alicyclic amines) is 1. The Bertz CT molecular complexity index is 585. The highest BCUT2D eigenvalue weighted by Gasteiger charge is 2.26. The third-order valence-electron chi connectivity index (χ3n) is 4.89. The van der Waals surface area contributed by atoms with Crippen LogP contribution in [0.3, 0.4) is 0 Å². The van der Waals surface area contributed by atoms with Crippen molar-refractivity contribution in [3.05, 3.63) is 47.1 Å². The van der Waals surface area contributed by atoms with Crippen molar-refractivity contribution in [2.75, 3.05) is 26.2 Å². The van der Waals surface area contributed by atoms with E-state index in [1.54, 1.807) is 0 Å². The van der Waals surface area contributed by atoms with E-state index in [0.29, 0.717) is 0 Å². The van der Waals surface area contributed by atoms with Crippen LogP contribution in [-0.4, -0.2) is 37.0 Å². The molecule has 1 amide bonds. The predicted molar refractivity (Wildman–Crippen MR) is 95.1 cm³/mol. The maximum Gasteiger partial charge on any atom is 0.251 e. The molecular formula is C20H28N2O. The monoisotopic (exact) mass is 312 g/mol. The van der Waals surface area contributed by atoms with Gasteiger partial charge in [-0.05, 0) is 48.6 Å². The van der Waals surface area contributed by atoms with Gasteiger partial charge < -0.3 is 10.2 Å². The highest BCUT2D eigenvalue weighted by atomic mass is 16.1. The lowest BCUT2D eigenvalue weighted by Crippen LogP contribution is -2.42. The van der Waals surface area contributed by atoms with Gasteiger partial charge in [-0.3, -0.25) is 4.79 Å². The van der Waals surface area contributed by atoms with Crippen LogP contribution in [0.5, 0.6) is 0 Å². The van der Waals surface area contributed by atoms with Gasteiger partial charge in [-0.15, -0.1) is 0 Å². The van der Waals surface area contributed by atoms with Gasteiger partial charge in [-0.1, -0.05) is 51.0 Å². The molecule has 0 aromatic rings. The minimum absolute atomic E-state index is 0.0511. The van der Waals surface area contributed by atoms with Gasteiger partial charge in [-0.2, -0.15) is 0 Å². The molecule has 3 rings (SSSR count). The molecule has 3 heteroatoms. The van der Waals surface area contributed by atoms with Crippen molar-refractivity contribution in [2.24, 2.45) is 5.41 Å². The molecule has 0 unspecified atom stereocenters. The number of rotatable bonds is 5. The number of nitrogens with one attached hydrogen (secondary N) is 1. The van der Waals surface area contributed by atoms with Crippen LogP contribution >= 0.6 is 0 Å². The van der Waals surface area contributed by atoms with Gasteiger partial charge >= 0.3 is 0 Å². The largest absolute Gasteiger partial charge is 0.351 e. The van der Waals surface area contributed by atoms with E-state index < -0.39 is 0 Å². The molecule has 3 nitrogen and oxygen atoms in total. The molecule has 23 heavy (non-hydrogen) atoms. The number of carbonyl (C=O) groups is 1. The van der Waals surface area contributed by atoms with E-state index in [2.05, 4.69) is 30.1 Å². The fourth-order valence-corrected chi connectivity index (χ4v) is 3.66. The Kier molecular flexibility index (Phi) is 4.86. The van der Waals surface area contributed by atoms with Crippen LogP contribution in [-0.2, 0) is 4.79 Å². The highest BCUT2D eigenvalue weighted by molar-refractivity contribution is 6.01. The van der Waals surface area contributed by atoms with Crippen LogP contribution in [0.2, 0.25) is 0 Å². The predicted octanol–water partition coefficient (Wildman–Crippen LogP) is 3.37. The minimum atomic E-state index is 0.0511. The Hall–Kier alpha value is -1.61. The topological polar surface area (TPSA) is 32.3 Å². The number of nitrogens with zero attached hydrogens (tertiary/aromatic N) is 1. The fourth-order valence-electron chi connectivity index (χ4n) is 3.66. The zero-order chi connectivity index (χ0) is 16.3. The summed E-state index contributed by atoms with van der Waals surface area (Å²) in [4.78, 5) is 15.1. The lowest BCUT2D eigenvalue weighted by atomic mass is 9.92. The van der Waals surface area contributed by atoms with Crippen molar-refractivity contribution >= 4 is 5.91 Å². The maximum absolute atomic E-state index is 12.5. The molecule has 1 heterocycles. The molecule has 1 N–H and O–H groups in total. The van der Waals surface area contributed by atoms with E-state index >= 15 is 0 Å². The zero-order valence-corrected chi connectivity index (χ0v) is 14.4. The molecule has 1 saturated heterocycles. The quantitative estimate of drug-likeness (QED) is 0.844. The van der Waals surface area contributed by atoms with Gasteiger partial charge in [0.25, 0.3) is 5.91 Å². The smallest absolute Gasteiger partial charge is 0.251 e. The number of fused-ring (bicyclic) bond motifs is 1. The van der Waals surface area contributed by atoms with Gasteiger partial charge in [0.05, 0.1) is 0 Å². The molecule has 0 aromatic carbocycles. The van der Waals surface area contributed by atoms with Crippen molar-refractivity contribution in [1.29, 1.82) is 0 Å². The number of carbonyl (C=O) groups excluding carboxylic acids is 1. The lowest BCUT2D eigenvalue weighted by molar-refractivity contribution is -0.117. The van der Waals surface area contributed by atoms with E-state index in [1.165, 1.54) is 38.8 Å². The first-order valence-corrected chi connectivity index (χ1v) is 8.87. The fraction of sp³-hybridized carbons (Fsp3) is 0.550. The summed E-state index contributed by atoms with van der Waals surface area (Å²) < 4.78 is 0. The normalized spacial score (nSPS) is 21.4. The second-order valence-electron chi connectivity index (χ2n) is 7.68. The summed E-state index contributed by atoms with van der Waals surface area (Å²) in [7, 11) is 0. The maximum atomic E-state index is 12.5. The molecule has 1 aliphatic heterocycles. The molecule has 0 saturated carbocycles. The molecule has 0 aromatic heterocycles. The highest BCUT2D eigenvalue weighted by Crippen LogP contribution is 2.31. The minimum Gasteiger partial charge on any atom is -0.351 e. The summed E-state index contributed by atoms with van der Waals surface area (Å²) in [6.45, 7) is 8.68. The Labute approximate surface area is 139 Å². The van der Waals surface area contributed by atoms with E-state index in [0.717, 1.165) is 29.8 Å². The summed E-state index contributed by atoms with van der Waals surface area (Å²) in [6.07, 6.45) is 15.4. The molecule has 0 bridgehead atoms. The summed E-state index contributed by atoms with van der Waals surface area (Å²) in [5.74, 6) is 0.0511. The van der Waals surface area contributed by atoms with Crippen LogP contribution in [0.4, 0.5) is 0 Å². The van der Waals surface area contributed by atoms with Gasteiger partial charge in [0.15, 0.2) is 0 Å². The molecule has 2 aliphatic carbocycles. The average Bonchev–Trinajstić information content (AvgIpc) is 3.03. The Morgan fingerprint density at radius 3 is 2.61 bits per heavy atom. The second-order valence-corrected chi connectivity index (χ2v) is 7.68. The summed E-state index contributed by atoms with van der Waals surface area (Å²) >= 11 is 0. The summed E-state index contributed by atoms with van der Waals surface area (Å²) in [6, 6.07) is 0. The zero-order valence-electron chi connectivity index (χ0n) is 14.4. The molecule has 1 fully saturated rings. The van der Waals surface area contributed by atoms with Crippen molar-refractivity contribution in [3.63, 3.8) is 0 Å². The van der Waals surface area contributed by atoms with Gasteiger partial charge in [-0.25, -0.2) is 0 Å². The van der Waals surface area contributed by atoms with Crippen molar-refractivity contribution in [2.45, 2.75) is 39.5 Å². The summed E-state index contributed by atoms with van der Waals surface area (Å²) in [5.41, 5.74) is 3.11. The van der Waals surface area contributed by atoms with E-state index in [-0.39, 0.29) is 11.3 Å². The molecule has 3 aliphatic rings. The average molecular weight is 312 g/mol. The third-order valence-corrected chi connectivity index (χ3v) is 4.89. The van der Waals surface area contributed by atoms with Crippen LogP contribution in [0.25, 0.3) is 0 Å². The Morgan fingerprint density at radius 1 is 1.13 bits per heavy atom. The second kappa shape index (κ2) is 6.88. The number of hydrogen-bond donors (Lipinski definition) is 1. The number of amides is 1. The first kappa shape index (κ1) is 16.3. The van der Waals surface area contributed by atoms with Crippen LogP contribution < -0.4 is 5.32 Å². The first-order valence-electron chi connectivity index (χ1n) is 8.87. The van der Waals surface area contributed by atoms with Crippen LogP contribution in [0.15, 0.2) is 47.1 Å². The van der Waals surface area contributed by atoms with E-state index in [4.69, 9.17) is 0 Å².